The van der Waals surface area contributed by atoms with Crippen molar-refractivity contribution in [3.05, 3.63) is 30.3 Å². The van der Waals surface area contributed by atoms with E-state index in [0.29, 0.717) is 25.9 Å². The molecule has 1 atom stereocenters. The highest BCUT2D eigenvalue weighted by Crippen LogP contribution is 2.18. The third-order valence-electron chi connectivity index (χ3n) is 4.04. The number of ether oxygens (including phenoxy) is 2. The molecule has 2 aliphatic heterocycles. The lowest BCUT2D eigenvalue weighted by molar-refractivity contribution is -0.158. The summed E-state index contributed by atoms with van der Waals surface area (Å²) in [6.07, 6.45) is 1.53. The molecule has 1 aromatic carbocycles. The van der Waals surface area contributed by atoms with E-state index in [1.165, 1.54) is 0 Å². The van der Waals surface area contributed by atoms with Crippen LogP contribution in [0.15, 0.2) is 30.3 Å². The number of carbonyl (C=O) groups excluding carboxylic acids is 1. The van der Waals surface area contributed by atoms with E-state index in [1.54, 1.807) is 0 Å². The molecule has 0 unspecified atom stereocenters. The van der Waals surface area contributed by atoms with Crippen LogP contribution in [0, 0.1) is 0 Å². The molecule has 1 amide bonds. The highest BCUT2D eigenvalue weighted by atomic mass is 16.6. The number of rotatable bonds is 3. The van der Waals surface area contributed by atoms with E-state index in [2.05, 4.69) is 17.4 Å². The van der Waals surface area contributed by atoms with Crippen LogP contribution in [0.4, 0.5) is 5.69 Å². The second-order valence-electron chi connectivity index (χ2n) is 5.54. The van der Waals surface area contributed by atoms with Gasteiger partial charge in [-0.05, 0) is 25.0 Å². The third-order valence-corrected chi connectivity index (χ3v) is 4.04. The highest BCUT2D eigenvalue weighted by molar-refractivity contribution is 5.81. The molecule has 2 saturated heterocycles. The molecule has 21 heavy (non-hydrogen) atoms. The molecule has 2 aliphatic rings. The number of benzene rings is 1. The quantitative estimate of drug-likeness (QED) is 0.916. The van der Waals surface area contributed by atoms with Crippen molar-refractivity contribution in [2.45, 2.75) is 25.0 Å². The first-order chi connectivity index (χ1) is 10.3. The number of carbonyl (C=O) groups is 1. The molecule has 0 bridgehead atoms. The molecule has 0 aliphatic carbocycles. The zero-order valence-corrected chi connectivity index (χ0v) is 12.2. The number of likely N-dealkylation sites (tertiary alicyclic amines) is 1. The van der Waals surface area contributed by atoms with E-state index in [4.69, 9.17) is 9.47 Å². The van der Waals surface area contributed by atoms with Crippen molar-refractivity contribution in [2.24, 2.45) is 0 Å². The van der Waals surface area contributed by atoms with Gasteiger partial charge >= 0.3 is 0 Å². The van der Waals surface area contributed by atoms with E-state index in [0.717, 1.165) is 31.6 Å². The van der Waals surface area contributed by atoms with Crippen LogP contribution in [0.25, 0.3) is 0 Å². The van der Waals surface area contributed by atoms with E-state index in [-0.39, 0.29) is 5.91 Å². The lowest BCUT2D eigenvalue weighted by Crippen LogP contribution is -2.49. The van der Waals surface area contributed by atoms with Crippen LogP contribution in [-0.4, -0.2) is 55.9 Å². The van der Waals surface area contributed by atoms with Gasteiger partial charge in [0.05, 0.1) is 19.8 Å². The Bertz CT molecular complexity index is 452. The molecular weight excluding hydrogens is 268 g/mol. The summed E-state index contributed by atoms with van der Waals surface area (Å²) < 4.78 is 10.8. The number of anilines is 1. The molecule has 1 aromatic rings. The number of para-hydroxylation sites is 1. The molecule has 2 fully saturated rings. The van der Waals surface area contributed by atoms with E-state index in [9.17, 15) is 4.79 Å². The summed E-state index contributed by atoms with van der Waals surface area (Å²) in [5, 5.41) is 3.53. The SMILES string of the molecule is O=C([C@H]1COCCO1)N1CCC(Nc2ccccc2)CC1. The van der Waals surface area contributed by atoms with E-state index in [1.807, 2.05) is 23.1 Å². The van der Waals surface area contributed by atoms with Gasteiger partial charge in [-0.1, -0.05) is 18.2 Å². The number of nitrogens with one attached hydrogen (secondary N) is 1. The Morgan fingerprint density at radius 2 is 1.90 bits per heavy atom. The molecular formula is C16H22N2O3. The largest absolute Gasteiger partial charge is 0.382 e. The Morgan fingerprint density at radius 3 is 2.57 bits per heavy atom. The first-order valence-corrected chi connectivity index (χ1v) is 7.62. The number of hydrogen-bond acceptors (Lipinski definition) is 4. The van der Waals surface area contributed by atoms with Crippen molar-refractivity contribution in [3.8, 4) is 0 Å². The predicted octanol–water partition coefficient (Wildman–Crippen LogP) is 1.50. The molecule has 0 radical (unpaired) electrons. The van der Waals surface area contributed by atoms with Crippen molar-refractivity contribution in [3.63, 3.8) is 0 Å². The Balaban J connectivity index is 1.47. The molecule has 0 aromatic heterocycles. The zero-order chi connectivity index (χ0) is 14.5. The van der Waals surface area contributed by atoms with Crippen LogP contribution in [0.1, 0.15) is 12.8 Å². The maximum atomic E-state index is 12.3. The zero-order valence-electron chi connectivity index (χ0n) is 12.2. The van der Waals surface area contributed by atoms with Crippen LogP contribution in [0.5, 0.6) is 0 Å². The molecule has 5 heteroatoms. The van der Waals surface area contributed by atoms with Crippen LogP contribution in [0.2, 0.25) is 0 Å². The first kappa shape index (κ1) is 14.4. The molecule has 1 N–H and O–H groups in total. The second kappa shape index (κ2) is 6.91. The molecule has 5 nitrogen and oxygen atoms in total. The topological polar surface area (TPSA) is 50.8 Å². The van der Waals surface area contributed by atoms with Crippen molar-refractivity contribution in [2.75, 3.05) is 38.2 Å². The summed E-state index contributed by atoms with van der Waals surface area (Å²) >= 11 is 0. The number of hydrogen-bond donors (Lipinski definition) is 1. The average Bonchev–Trinajstić information content (AvgIpc) is 2.57. The van der Waals surface area contributed by atoms with Gasteiger partial charge in [0.25, 0.3) is 5.91 Å². The third kappa shape index (κ3) is 3.74. The van der Waals surface area contributed by atoms with Gasteiger partial charge in [0, 0.05) is 24.8 Å². The van der Waals surface area contributed by atoms with Gasteiger partial charge in [-0.2, -0.15) is 0 Å². The minimum Gasteiger partial charge on any atom is -0.382 e. The minimum absolute atomic E-state index is 0.0767. The van der Waals surface area contributed by atoms with Crippen molar-refractivity contribution in [1.82, 2.24) is 4.90 Å². The van der Waals surface area contributed by atoms with Gasteiger partial charge in [0.1, 0.15) is 0 Å². The lowest BCUT2D eigenvalue weighted by Gasteiger charge is -2.35. The fourth-order valence-electron chi connectivity index (χ4n) is 2.85. The van der Waals surface area contributed by atoms with E-state index >= 15 is 0 Å². The van der Waals surface area contributed by atoms with E-state index < -0.39 is 6.10 Å². The molecule has 0 saturated carbocycles. The van der Waals surface area contributed by atoms with Crippen LogP contribution < -0.4 is 5.32 Å². The maximum Gasteiger partial charge on any atom is 0.254 e. The average molecular weight is 290 g/mol. The summed E-state index contributed by atoms with van der Waals surface area (Å²) in [7, 11) is 0. The fraction of sp³-hybridized carbons (Fsp3) is 0.562. The van der Waals surface area contributed by atoms with Gasteiger partial charge in [-0.3, -0.25) is 4.79 Å². The van der Waals surface area contributed by atoms with Crippen LogP contribution in [-0.2, 0) is 14.3 Å². The second-order valence-corrected chi connectivity index (χ2v) is 5.54. The first-order valence-electron chi connectivity index (χ1n) is 7.62. The van der Waals surface area contributed by atoms with Gasteiger partial charge in [0.2, 0.25) is 0 Å². The minimum atomic E-state index is -0.405. The van der Waals surface area contributed by atoms with Crippen LogP contribution in [0.3, 0.4) is 0 Å². The highest BCUT2D eigenvalue weighted by Gasteiger charge is 2.30. The molecule has 3 rings (SSSR count). The number of piperidine rings is 1. The summed E-state index contributed by atoms with van der Waals surface area (Å²) in [6.45, 7) is 3.06. The molecule has 114 valence electrons. The summed E-state index contributed by atoms with van der Waals surface area (Å²) in [5.41, 5.74) is 1.14. The van der Waals surface area contributed by atoms with Crippen LogP contribution >= 0.6 is 0 Å². The molecule has 2 heterocycles. The van der Waals surface area contributed by atoms with Gasteiger partial charge in [-0.25, -0.2) is 0 Å². The Morgan fingerprint density at radius 1 is 1.14 bits per heavy atom. The summed E-state index contributed by atoms with van der Waals surface area (Å²) in [6, 6.07) is 10.6. The van der Waals surface area contributed by atoms with Gasteiger partial charge in [0.15, 0.2) is 6.10 Å². The Hall–Kier alpha value is -1.59. The number of nitrogens with zero attached hydrogens (tertiary/aromatic N) is 1. The Kier molecular flexibility index (Phi) is 4.72. The molecule has 0 spiro atoms. The summed E-state index contributed by atoms with van der Waals surface area (Å²) in [5.74, 6) is 0.0767. The summed E-state index contributed by atoms with van der Waals surface area (Å²) in [4.78, 5) is 14.2. The van der Waals surface area contributed by atoms with Crippen molar-refractivity contribution < 1.29 is 14.3 Å². The maximum absolute atomic E-state index is 12.3. The Labute approximate surface area is 125 Å². The van der Waals surface area contributed by atoms with Crippen molar-refractivity contribution in [1.29, 1.82) is 0 Å². The fourth-order valence-corrected chi connectivity index (χ4v) is 2.85. The number of amides is 1. The normalized spacial score (nSPS) is 23.8. The lowest BCUT2D eigenvalue weighted by atomic mass is 10.0. The smallest absolute Gasteiger partial charge is 0.254 e. The van der Waals surface area contributed by atoms with Gasteiger partial charge in [-0.15, -0.1) is 0 Å². The predicted molar refractivity (Wildman–Crippen MR) is 80.2 cm³/mol. The monoisotopic (exact) mass is 290 g/mol. The van der Waals surface area contributed by atoms with Crippen molar-refractivity contribution >= 4 is 11.6 Å². The standard InChI is InChI=1S/C16H22N2O3/c19-16(15-12-20-10-11-21-15)18-8-6-14(7-9-18)17-13-4-2-1-3-5-13/h1-5,14-15,17H,6-12H2/t15-/m1/s1. The van der Waals surface area contributed by atoms with Gasteiger partial charge < -0.3 is 19.7 Å².